The van der Waals surface area contributed by atoms with Crippen molar-refractivity contribution in [2.45, 2.75) is 0 Å². The molecule has 1 aromatic heterocycles. The molecule has 0 bridgehead atoms. The normalized spacial score (nSPS) is 10.6. The summed E-state index contributed by atoms with van der Waals surface area (Å²) in [5.41, 5.74) is 1.26. The summed E-state index contributed by atoms with van der Waals surface area (Å²) in [6.07, 6.45) is 0. The van der Waals surface area contributed by atoms with Crippen LogP contribution in [0.25, 0.3) is 10.9 Å². The molecule has 3 rings (SSSR count). The van der Waals surface area contributed by atoms with Crippen LogP contribution in [0.1, 0.15) is 0 Å². The van der Waals surface area contributed by atoms with Gasteiger partial charge in [-0.3, -0.25) is 0 Å². The lowest BCUT2D eigenvalue weighted by molar-refractivity contribution is 0.477. The second-order valence-corrected chi connectivity index (χ2v) is 4.89. The number of fused-ring (bicyclic) bond motifs is 1. The average Bonchev–Trinajstić information content (AvgIpc) is 2.50. The highest BCUT2D eigenvalue weighted by molar-refractivity contribution is 6.30. The zero-order valence-corrected chi connectivity index (χ0v) is 12.0. The van der Waals surface area contributed by atoms with Crippen molar-refractivity contribution in [2.24, 2.45) is 0 Å². The predicted octanol–water partition coefficient (Wildman–Crippen LogP) is 3.77. The van der Waals surface area contributed by atoms with Crippen LogP contribution in [0.5, 0.6) is 5.75 Å². The van der Waals surface area contributed by atoms with E-state index in [-0.39, 0.29) is 5.75 Å². The van der Waals surface area contributed by atoms with Crippen LogP contribution in [-0.4, -0.2) is 22.1 Å². The van der Waals surface area contributed by atoms with Gasteiger partial charge in [0.05, 0.1) is 11.2 Å². The Bertz CT molecular complexity index is 807. The van der Waals surface area contributed by atoms with Crippen LogP contribution in [0.2, 0.25) is 5.02 Å². The molecule has 5 nitrogen and oxygen atoms in total. The van der Waals surface area contributed by atoms with E-state index in [0.29, 0.717) is 22.5 Å². The number of aromatic hydroxyl groups is 1. The Labute approximate surface area is 126 Å². The molecule has 0 radical (unpaired) electrons. The van der Waals surface area contributed by atoms with Crippen molar-refractivity contribution in [2.75, 3.05) is 17.7 Å². The van der Waals surface area contributed by atoms with E-state index < -0.39 is 0 Å². The molecule has 2 aromatic carbocycles. The Morgan fingerprint density at radius 2 is 1.90 bits per heavy atom. The molecule has 0 aliphatic heterocycles. The topological polar surface area (TPSA) is 70.1 Å². The molecule has 21 heavy (non-hydrogen) atoms. The van der Waals surface area contributed by atoms with Crippen molar-refractivity contribution in [3.63, 3.8) is 0 Å². The Morgan fingerprint density at radius 3 is 2.71 bits per heavy atom. The van der Waals surface area contributed by atoms with Crippen molar-refractivity contribution < 1.29 is 5.11 Å². The SMILES string of the molecule is CNc1nc(Nc2cc(Cl)ccc2O)nc2ccccc12. The molecule has 0 atom stereocenters. The third-order valence-corrected chi connectivity index (χ3v) is 3.28. The average molecular weight is 301 g/mol. The molecule has 0 amide bonds. The lowest BCUT2D eigenvalue weighted by Crippen LogP contribution is -2.02. The summed E-state index contributed by atoms with van der Waals surface area (Å²) in [6, 6.07) is 12.4. The molecular weight excluding hydrogens is 288 g/mol. The molecule has 0 spiro atoms. The zero-order valence-electron chi connectivity index (χ0n) is 11.3. The number of aromatic nitrogens is 2. The summed E-state index contributed by atoms with van der Waals surface area (Å²) < 4.78 is 0. The number of phenols is 1. The summed E-state index contributed by atoms with van der Waals surface area (Å²) in [6.45, 7) is 0. The Balaban J connectivity index is 2.06. The summed E-state index contributed by atoms with van der Waals surface area (Å²) in [5.74, 6) is 1.18. The molecule has 3 N–H and O–H groups in total. The molecule has 0 saturated heterocycles. The molecule has 0 saturated carbocycles. The highest BCUT2D eigenvalue weighted by Crippen LogP contribution is 2.30. The van der Waals surface area contributed by atoms with E-state index in [4.69, 9.17) is 11.6 Å². The number of phenolic OH excluding ortho intramolecular Hbond substituents is 1. The molecule has 106 valence electrons. The molecule has 0 fully saturated rings. The molecule has 0 aliphatic rings. The van der Waals surface area contributed by atoms with Gasteiger partial charge in [-0.05, 0) is 30.3 Å². The monoisotopic (exact) mass is 300 g/mol. The van der Waals surface area contributed by atoms with Crippen LogP contribution in [0.15, 0.2) is 42.5 Å². The summed E-state index contributed by atoms with van der Waals surface area (Å²) in [5, 5.41) is 17.3. The molecule has 1 heterocycles. The zero-order chi connectivity index (χ0) is 14.8. The van der Waals surface area contributed by atoms with E-state index in [1.165, 1.54) is 6.07 Å². The predicted molar refractivity (Wildman–Crippen MR) is 85.5 cm³/mol. The Hall–Kier alpha value is -2.53. The van der Waals surface area contributed by atoms with Crippen molar-refractivity contribution >= 4 is 40.0 Å². The van der Waals surface area contributed by atoms with Crippen LogP contribution >= 0.6 is 11.6 Å². The van der Waals surface area contributed by atoms with Crippen LogP contribution < -0.4 is 10.6 Å². The third kappa shape index (κ3) is 2.68. The standard InChI is InChI=1S/C15H13ClN4O/c1-17-14-10-4-2-3-5-11(10)18-15(20-14)19-12-8-9(16)6-7-13(12)21/h2-8,21H,1H3,(H2,17,18,19,20). The minimum atomic E-state index is 0.0853. The smallest absolute Gasteiger partial charge is 0.229 e. The minimum Gasteiger partial charge on any atom is -0.506 e. The van der Waals surface area contributed by atoms with E-state index in [2.05, 4.69) is 20.6 Å². The largest absolute Gasteiger partial charge is 0.506 e. The highest BCUT2D eigenvalue weighted by Gasteiger charge is 2.08. The van der Waals surface area contributed by atoms with Crippen LogP contribution in [0.4, 0.5) is 17.5 Å². The van der Waals surface area contributed by atoms with Gasteiger partial charge < -0.3 is 15.7 Å². The van der Waals surface area contributed by atoms with Crippen molar-refractivity contribution in [3.05, 3.63) is 47.5 Å². The van der Waals surface area contributed by atoms with E-state index in [9.17, 15) is 5.11 Å². The van der Waals surface area contributed by atoms with E-state index >= 15 is 0 Å². The van der Waals surface area contributed by atoms with Gasteiger partial charge in [-0.1, -0.05) is 23.7 Å². The fraction of sp³-hybridized carbons (Fsp3) is 0.0667. The van der Waals surface area contributed by atoms with Crippen molar-refractivity contribution in [1.29, 1.82) is 0 Å². The molecule has 0 unspecified atom stereocenters. The van der Waals surface area contributed by atoms with Crippen LogP contribution in [-0.2, 0) is 0 Å². The number of hydrogen-bond donors (Lipinski definition) is 3. The molecule has 6 heteroatoms. The van der Waals surface area contributed by atoms with Crippen LogP contribution in [0.3, 0.4) is 0 Å². The molecular formula is C15H13ClN4O. The van der Waals surface area contributed by atoms with Gasteiger partial charge in [0.15, 0.2) is 0 Å². The maximum Gasteiger partial charge on any atom is 0.229 e. The van der Waals surface area contributed by atoms with Gasteiger partial charge in [0.2, 0.25) is 5.95 Å². The van der Waals surface area contributed by atoms with Crippen molar-refractivity contribution in [1.82, 2.24) is 9.97 Å². The third-order valence-electron chi connectivity index (χ3n) is 3.05. The van der Waals surface area contributed by atoms with Gasteiger partial charge >= 0.3 is 0 Å². The number of anilines is 3. The van der Waals surface area contributed by atoms with E-state index in [1.807, 2.05) is 24.3 Å². The second-order valence-electron chi connectivity index (χ2n) is 4.45. The van der Waals surface area contributed by atoms with Gasteiger partial charge in [0.25, 0.3) is 0 Å². The van der Waals surface area contributed by atoms with Crippen LogP contribution in [0, 0.1) is 0 Å². The maximum absolute atomic E-state index is 9.84. The molecule has 0 aliphatic carbocycles. The summed E-state index contributed by atoms with van der Waals surface area (Å²) >= 11 is 5.93. The van der Waals surface area contributed by atoms with E-state index in [1.54, 1.807) is 19.2 Å². The summed E-state index contributed by atoms with van der Waals surface area (Å²) in [7, 11) is 1.80. The number of rotatable bonds is 3. The lowest BCUT2D eigenvalue weighted by Gasteiger charge is -2.10. The summed E-state index contributed by atoms with van der Waals surface area (Å²) in [4.78, 5) is 8.83. The quantitative estimate of drug-likeness (QED) is 0.642. The first-order valence-corrected chi connectivity index (χ1v) is 6.75. The number of halogens is 1. The minimum absolute atomic E-state index is 0.0853. The number of benzene rings is 2. The number of nitrogens with zero attached hydrogens (tertiary/aromatic N) is 2. The van der Waals surface area contributed by atoms with Gasteiger partial charge in [-0.25, -0.2) is 4.98 Å². The highest BCUT2D eigenvalue weighted by atomic mass is 35.5. The Kier molecular flexibility index (Phi) is 3.50. The fourth-order valence-corrected chi connectivity index (χ4v) is 2.22. The van der Waals surface area contributed by atoms with Gasteiger partial charge in [-0.15, -0.1) is 0 Å². The first-order valence-electron chi connectivity index (χ1n) is 6.37. The fourth-order valence-electron chi connectivity index (χ4n) is 2.05. The number of para-hydroxylation sites is 1. The first kappa shape index (κ1) is 13.5. The van der Waals surface area contributed by atoms with Crippen molar-refractivity contribution in [3.8, 4) is 5.75 Å². The number of hydrogen-bond acceptors (Lipinski definition) is 5. The number of nitrogens with one attached hydrogen (secondary N) is 2. The molecule has 3 aromatic rings. The van der Waals surface area contributed by atoms with E-state index in [0.717, 1.165) is 10.9 Å². The van der Waals surface area contributed by atoms with Gasteiger partial charge in [0.1, 0.15) is 11.6 Å². The second kappa shape index (κ2) is 5.46. The Morgan fingerprint density at radius 1 is 1.10 bits per heavy atom. The van der Waals surface area contributed by atoms with Gasteiger partial charge in [0, 0.05) is 17.5 Å². The van der Waals surface area contributed by atoms with Gasteiger partial charge in [-0.2, -0.15) is 4.98 Å². The maximum atomic E-state index is 9.84. The first-order chi connectivity index (χ1) is 10.2. The lowest BCUT2D eigenvalue weighted by atomic mass is 10.2.